The first-order chi connectivity index (χ1) is 14.6. The molecule has 0 aliphatic carbocycles. The molecule has 3 aromatic heterocycles. The van der Waals surface area contributed by atoms with Crippen LogP contribution in [-0.4, -0.2) is 44.2 Å². The molecule has 150 valence electrons. The highest BCUT2D eigenvalue weighted by Crippen LogP contribution is 2.37. The number of carboxylic acid groups (broad SMARTS) is 1. The molecule has 0 fully saturated rings. The van der Waals surface area contributed by atoms with E-state index in [9.17, 15) is 14.3 Å². The van der Waals surface area contributed by atoms with Crippen LogP contribution in [0, 0.1) is 5.95 Å². The maximum atomic E-state index is 14.7. The number of nitrogens with zero attached hydrogens (tertiary/aromatic N) is 5. The molecule has 2 N–H and O–H groups in total. The Kier molecular flexibility index (Phi) is 4.36. The lowest BCUT2D eigenvalue weighted by atomic mass is 10.2. The van der Waals surface area contributed by atoms with E-state index in [2.05, 4.69) is 25.3 Å². The van der Waals surface area contributed by atoms with E-state index in [1.54, 1.807) is 4.90 Å². The summed E-state index contributed by atoms with van der Waals surface area (Å²) >= 11 is 1.38. The fraction of sp³-hybridized carbons (Fsp3) is 0.105. The topological polar surface area (TPSA) is 113 Å². The van der Waals surface area contributed by atoms with E-state index in [4.69, 9.17) is 4.74 Å². The van der Waals surface area contributed by atoms with Crippen molar-refractivity contribution in [3.63, 3.8) is 0 Å². The number of pyridine rings is 1. The summed E-state index contributed by atoms with van der Waals surface area (Å²) in [6.07, 6.45) is 2.75. The molecule has 11 heteroatoms. The second-order valence-electron chi connectivity index (χ2n) is 6.30. The number of aromatic nitrogens is 4. The van der Waals surface area contributed by atoms with Gasteiger partial charge in [0.25, 0.3) is 5.95 Å². The third kappa shape index (κ3) is 3.14. The number of benzene rings is 1. The van der Waals surface area contributed by atoms with Crippen molar-refractivity contribution in [1.82, 2.24) is 19.9 Å². The van der Waals surface area contributed by atoms with E-state index in [1.165, 1.54) is 29.8 Å². The summed E-state index contributed by atoms with van der Waals surface area (Å²) < 4.78 is 21.1. The molecule has 0 saturated heterocycles. The summed E-state index contributed by atoms with van der Waals surface area (Å²) in [4.78, 5) is 29.7. The number of carbonyl (C=O) groups is 1. The van der Waals surface area contributed by atoms with Crippen LogP contribution in [0.5, 0.6) is 5.75 Å². The van der Waals surface area contributed by atoms with Gasteiger partial charge in [-0.3, -0.25) is 0 Å². The van der Waals surface area contributed by atoms with Gasteiger partial charge in [0, 0.05) is 6.20 Å². The minimum Gasteiger partial charge on any atom is -0.487 e. The number of para-hydroxylation sites is 1. The van der Waals surface area contributed by atoms with Crippen molar-refractivity contribution in [2.75, 3.05) is 23.4 Å². The molecular formula is C19H13FN6O3S. The van der Waals surface area contributed by atoms with Gasteiger partial charge in [0.1, 0.15) is 12.2 Å². The zero-order valence-electron chi connectivity index (χ0n) is 15.2. The fourth-order valence-corrected chi connectivity index (χ4v) is 3.97. The maximum Gasteiger partial charge on any atom is 0.339 e. The Balaban J connectivity index is 1.46. The second kappa shape index (κ2) is 7.19. The number of fused-ring (bicyclic) bond motifs is 2. The van der Waals surface area contributed by atoms with Crippen LogP contribution in [0.3, 0.4) is 0 Å². The normalized spacial score (nSPS) is 13.0. The quantitative estimate of drug-likeness (QED) is 0.507. The Morgan fingerprint density at radius 2 is 2.10 bits per heavy atom. The Morgan fingerprint density at radius 1 is 1.23 bits per heavy atom. The summed E-state index contributed by atoms with van der Waals surface area (Å²) in [5.74, 6) is -1.44. The third-order valence-electron chi connectivity index (χ3n) is 4.45. The molecule has 0 bridgehead atoms. The number of rotatable bonds is 4. The first kappa shape index (κ1) is 18.2. The van der Waals surface area contributed by atoms with Crippen molar-refractivity contribution in [2.45, 2.75) is 0 Å². The van der Waals surface area contributed by atoms with Crippen molar-refractivity contribution >= 4 is 50.1 Å². The highest BCUT2D eigenvalue weighted by molar-refractivity contribution is 7.22. The van der Waals surface area contributed by atoms with Crippen molar-refractivity contribution in [2.24, 2.45) is 0 Å². The summed E-state index contributed by atoms with van der Waals surface area (Å²) in [6, 6.07) is 8.93. The van der Waals surface area contributed by atoms with E-state index in [0.717, 1.165) is 10.2 Å². The van der Waals surface area contributed by atoms with Crippen LogP contribution in [0.4, 0.5) is 27.0 Å². The van der Waals surface area contributed by atoms with Crippen LogP contribution in [0.25, 0.3) is 10.2 Å². The van der Waals surface area contributed by atoms with Crippen LogP contribution in [0.15, 0.2) is 42.7 Å². The van der Waals surface area contributed by atoms with Gasteiger partial charge in [0.2, 0.25) is 0 Å². The highest BCUT2D eigenvalue weighted by Gasteiger charge is 2.27. The first-order valence-corrected chi connectivity index (χ1v) is 9.69. The Labute approximate surface area is 172 Å². The minimum absolute atomic E-state index is 0.0211. The van der Waals surface area contributed by atoms with E-state index < -0.39 is 11.9 Å². The van der Waals surface area contributed by atoms with Crippen molar-refractivity contribution in [3.05, 3.63) is 54.2 Å². The average molecular weight is 424 g/mol. The third-order valence-corrected chi connectivity index (χ3v) is 5.40. The summed E-state index contributed by atoms with van der Waals surface area (Å²) in [5, 5.41) is 12.7. The predicted octanol–water partition coefficient (Wildman–Crippen LogP) is 3.59. The Hall–Kier alpha value is -3.86. The van der Waals surface area contributed by atoms with Crippen LogP contribution >= 0.6 is 11.3 Å². The van der Waals surface area contributed by atoms with Gasteiger partial charge in [0.05, 0.1) is 23.0 Å². The Morgan fingerprint density at radius 3 is 2.90 bits per heavy atom. The van der Waals surface area contributed by atoms with E-state index >= 15 is 0 Å². The van der Waals surface area contributed by atoms with Gasteiger partial charge in [-0.2, -0.15) is 9.37 Å². The van der Waals surface area contributed by atoms with Gasteiger partial charge in [-0.1, -0.05) is 23.5 Å². The van der Waals surface area contributed by atoms with E-state index in [-0.39, 0.29) is 35.4 Å². The number of anilines is 4. The van der Waals surface area contributed by atoms with Gasteiger partial charge in [-0.15, -0.1) is 0 Å². The van der Waals surface area contributed by atoms with Gasteiger partial charge in [0.15, 0.2) is 28.3 Å². The minimum atomic E-state index is -1.14. The maximum absolute atomic E-state index is 14.7. The molecule has 0 unspecified atom stereocenters. The summed E-state index contributed by atoms with van der Waals surface area (Å²) in [7, 11) is 0. The fourth-order valence-electron chi connectivity index (χ4n) is 3.11. The molecule has 0 spiro atoms. The monoisotopic (exact) mass is 424 g/mol. The van der Waals surface area contributed by atoms with Crippen LogP contribution < -0.4 is 15.0 Å². The number of carboxylic acids is 1. The van der Waals surface area contributed by atoms with Gasteiger partial charge >= 0.3 is 5.97 Å². The smallest absolute Gasteiger partial charge is 0.339 e. The molecule has 30 heavy (non-hydrogen) atoms. The standard InChI is InChI=1S/C19H13FN6O3S/c20-15-16(25-19-23-11-3-1-2-4-12(11)30-19)22-9-13(24-15)26-7-8-29-14-10(18(27)28)5-6-21-17(14)26/h1-6,9H,7-8H2,(H,27,28)(H,22,23,25). The number of nitrogens with one attached hydrogen (secondary N) is 1. The molecule has 0 amide bonds. The first-order valence-electron chi connectivity index (χ1n) is 8.88. The molecule has 9 nitrogen and oxygen atoms in total. The summed E-state index contributed by atoms with van der Waals surface area (Å²) in [5.41, 5.74) is 0.785. The van der Waals surface area contributed by atoms with Crippen LogP contribution in [0.1, 0.15) is 10.4 Å². The largest absolute Gasteiger partial charge is 0.487 e. The summed E-state index contributed by atoms with van der Waals surface area (Å²) in [6.45, 7) is 0.524. The number of halogens is 1. The molecule has 1 aliphatic heterocycles. The lowest BCUT2D eigenvalue weighted by Gasteiger charge is -2.29. The SMILES string of the molecule is O=C(O)c1ccnc2c1OCCN2c1cnc(Nc2nc3ccccc3s2)c(F)n1. The van der Waals surface area contributed by atoms with E-state index in [0.29, 0.717) is 11.7 Å². The molecule has 4 aromatic rings. The number of hydrogen-bond acceptors (Lipinski definition) is 9. The number of aromatic carboxylic acids is 1. The molecule has 0 radical (unpaired) electrons. The molecule has 1 aromatic carbocycles. The van der Waals surface area contributed by atoms with Crippen LogP contribution in [-0.2, 0) is 0 Å². The lowest BCUT2D eigenvalue weighted by Crippen LogP contribution is -2.31. The number of ether oxygens (including phenoxy) is 1. The van der Waals surface area contributed by atoms with E-state index in [1.807, 2.05) is 24.3 Å². The van der Waals surface area contributed by atoms with Gasteiger partial charge in [-0.25, -0.2) is 19.7 Å². The van der Waals surface area contributed by atoms with Crippen molar-refractivity contribution < 1.29 is 19.0 Å². The highest BCUT2D eigenvalue weighted by atomic mass is 32.1. The predicted molar refractivity (Wildman–Crippen MR) is 109 cm³/mol. The van der Waals surface area contributed by atoms with Gasteiger partial charge < -0.3 is 20.1 Å². The number of hydrogen-bond donors (Lipinski definition) is 2. The second-order valence-corrected chi connectivity index (χ2v) is 7.33. The average Bonchev–Trinajstić information content (AvgIpc) is 3.16. The molecular weight excluding hydrogens is 411 g/mol. The lowest BCUT2D eigenvalue weighted by molar-refractivity contribution is 0.0691. The Bertz CT molecular complexity index is 1250. The van der Waals surface area contributed by atoms with Crippen molar-refractivity contribution in [3.8, 4) is 5.75 Å². The molecule has 0 saturated carbocycles. The molecule has 0 atom stereocenters. The molecule has 1 aliphatic rings. The van der Waals surface area contributed by atoms with Gasteiger partial charge in [-0.05, 0) is 18.2 Å². The molecule has 5 rings (SSSR count). The number of thiazole rings is 1. The molecule has 4 heterocycles. The zero-order chi connectivity index (χ0) is 20.7. The van der Waals surface area contributed by atoms with Crippen molar-refractivity contribution in [1.29, 1.82) is 0 Å². The zero-order valence-corrected chi connectivity index (χ0v) is 16.1. The van der Waals surface area contributed by atoms with Crippen LogP contribution in [0.2, 0.25) is 0 Å².